The molecule has 2 heteroatoms. The Morgan fingerprint density at radius 2 is 1.81 bits per heavy atom. The number of rotatable bonds is 1. The molecule has 2 nitrogen and oxygen atoms in total. The molecule has 0 aliphatic carbocycles. The van der Waals surface area contributed by atoms with E-state index in [1.807, 2.05) is 18.2 Å². The number of hydrogen-bond donors (Lipinski definition) is 2. The first-order valence-corrected chi connectivity index (χ1v) is 5.96. The number of hydrogen-bond acceptors (Lipinski definition) is 2. The molecule has 3 unspecified atom stereocenters. The van der Waals surface area contributed by atoms with E-state index in [0.29, 0.717) is 5.92 Å². The third kappa shape index (κ3) is 2.13. The average molecular weight is 219 g/mol. The highest BCUT2D eigenvalue weighted by molar-refractivity contribution is 5.22. The molecule has 0 saturated carbocycles. The molecule has 1 aliphatic rings. The summed E-state index contributed by atoms with van der Waals surface area (Å²) < 4.78 is 0. The molecule has 1 fully saturated rings. The molecule has 1 aromatic rings. The molecular weight excluding hydrogens is 198 g/mol. The zero-order valence-electron chi connectivity index (χ0n) is 10.3. The van der Waals surface area contributed by atoms with E-state index in [4.69, 9.17) is 0 Å². The van der Waals surface area contributed by atoms with E-state index in [1.165, 1.54) is 5.56 Å². The lowest BCUT2D eigenvalue weighted by Crippen LogP contribution is -2.31. The summed E-state index contributed by atoms with van der Waals surface area (Å²) in [6.07, 6.45) is -0.289. The van der Waals surface area contributed by atoms with E-state index in [-0.39, 0.29) is 17.6 Å². The van der Waals surface area contributed by atoms with Crippen LogP contribution in [-0.2, 0) is 0 Å². The fourth-order valence-electron chi connectivity index (χ4n) is 2.52. The van der Waals surface area contributed by atoms with Gasteiger partial charge in [0.1, 0.15) is 0 Å². The lowest BCUT2D eigenvalue weighted by atomic mass is 9.77. The fraction of sp³-hybridized carbons (Fsp3) is 0.571. The standard InChI is InChI=1S/C14H21NO/c1-14(2,3)11-9-15-12(13(11)16)10-7-5-4-6-8-10/h4-8,11-13,15-16H,9H2,1-3H3. The largest absolute Gasteiger partial charge is 0.391 e. The Hall–Kier alpha value is -0.860. The number of nitrogens with one attached hydrogen (secondary N) is 1. The molecule has 16 heavy (non-hydrogen) atoms. The maximum Gasteiger partial charge on any atom is 0.0780 e. The molecule has 1 aromatic carbocycles. The van der Waals surface area contributed by atoms with Gasteiger partial charge in [-0.3, -0.25) is 0 Å². The molecule has 0 aromatic heterocycles. The van der Waals surface area contributed by atoms with Crippen molar-refractivity contribution in [3.63, 3.8) is 0 Å². The van der Waals surface area contributed by atoms with Crippen molar-refractivity contribution in [1.29, 1.82) is 0 Å². The highest BCUT2D eigenvalue weighted by atomic mass is 16.3. The van der Waals surface area contributed by atoms with Gasteiger partial charge in [-0.15, -0.1) is 0 Å². The Bertz CT molecular complexity index is 342. The topological polar surface area (TPSA) is 32.3 Å². The Kier molecular flexibility index (Phi) is 3.04. The minimum absolute atomic E-state index is 0.0884. The van der Waals surface area contributed by atoms with E-state index < -0.39 is 0 Å². The van der Waals surface area contributed by atoms with E-state index in [9.17, 15) is 5.11 Å². The van der Waals surface area contributed by atoms with Gasteiger partial charge >= 0.3 is 0 Å². The Labute approximate surface area is 97.7 Å². The summed E-state index contributed by atoms with van der Waals surface area (Å²) in [6, 6.07) is 10.3. The van der Waals surface area contributed by atoms with Gasteiger partial charge in [0.25, 0.3) is 0 Å². The van der Waals surface area contributed by atoms with Crippen molar-refractivity contribution in [1.82, 2.24) is 5.32 Å². The molecule has 1 heterocycles. The average Bonchev–Trinajstić information content (AvgIpc) is 2.61. The van der Waals surface area contributed by atoms with Crippen LogP contribution in [0.5, 0.6) is 0 Å². The molecule has 0 bridgehead atoms. The zero-order valence-corrected chi connectivity index (χ0v) is 10.3. The van der Waals surface area contributed by atoms with Crippen LogP contribution in [0, 0.1) is 11.3 Å². The normalized spacial score (nSPS) is 30.6. The van der Waals surface area contributed by atoms with Crippen molar-refractivity contribution in [2.24, 2.45) is 11.3 Å². The van der Waals surface area contributed by atoms with Crippen molar-refractivity contribution < 1.29 is 5.11 Å². The Morgan fingerprint density at radius 3 is 2.31 bits per heavy atom. The van der Waals surface area contributed by atoms with Crippen LogP contribution in [0.2, 0.25) is 0 Å². The number of benzene rings is 1. The molecule has 0 radical (unpaired) electrons. The summed E-state index contributed by atoms with van der Waals surface area (Å²) in [5, 5.41) is 13.8. The van der Waals surface area contributed by atoms with Gasteiger partial charge in [-0.2, -0.15) is 0 Å². The van der Waals surface area contributed by atoms with Gasteiger partial charge in [-0.25, -0.2) is 0 Å². The summed E-state index contributed by atoms with van der Waals surface area (Å²) >= 11 is 0. The molecule has 0 amide bonds. The van der Waals surface area contributed by atoms with Gasteiger partial charge in [-0.05, 0) is 11.0 Å². The predicted octanol–water partition coefficient (Wildman–Crippen LogP) is 2.35. The van der Waals surface area contributed by atoms with Gasteiger partial charge in [0, 0.05) is 12.5 Å². The van der Waals surface area contributed by atoms with Crippen molar-refractivity contribution in [3.05, 3.63) is 35.9 Å². The van der Waals surface area contributed by atoms with Crippen LogP contribution in [0.1, 0.15) is 32.4 Å². The van der Waals surface area contributed by atoms with Crippen LogP contribution in [0.15, 0.2) is 30.3 Å². The maximum atomic E-state index is 10.4. The third-order valence-corrected chi connectivity index (χ3v) is 3.58. The third-order valence-electron chi connectivity index (χ3n) is 3.58. The molecule has 0 spiro atoms. The second-order valence-electron chi connectivity index (χ2n) is 5.76. The Balaban J connectivity index is 2.17. The maximum absolute atomic E-state index is 10.4. The number of aliphatic hydroxyl groups is 1. The van der Waals surface area contributed by atoms with Gasteiger partial charge in [-0.1, -0.05) is 51.1 Å². The smallest absolute Gasteiger partial charge is 0.0780 e. The van der Waals surface area contributed by atoms with Crippen LogP contribution < -0.4 is 5.32 Å². The lowest BCUT2D eigenvalue weighted by Gasteiger charge is -2.30. The number of aliphatic hydroxyl groups excluding tert-OH is 1. The van der Waals surface area contributed by atoms with E-state index in [2.05, 4.69) is 38.2 Å². The summed E-state index contributed by atoms with van der Waals surface area (Å²) in [6.45, 7) is 7.46. The molecule has 2 N–H and O–H groups in total. The van der Waals surface area contributed by atoms with Gasteiger partial charge in [0.05, 0.1) is 12.1 Å². The van der Waals surface area contributed by atoms with E-state index in [0.717, 1.165) is 6.54 Å². The van der Waals surface area contributed by atoms with Crippen molar-refractivity contribution in [2.75, 3.05) is 6.54 Å². The van der Waals surface area contributed by atoms with Crippen LogP contribution in [-0.4, -0.2) is 17.8 Å². The molecule has 1 saturated heterocycles. The first-order valence-electron chi connectivity index (χ1n) is 5.96. The quantitative estimate of drug-likeness (QED) is 0.760. The second-order valence-corrected chi connectivity index (χ2v) is 5.76. The van der Waals surface area contributed by atoms with Gasteiger partial charge < -0.3 is 10.4 Å². The van der Waals surface area contributed by atoms with E-state index in [1.54, 1.807) is 0 Å². The fourth-order valence-corrected chi connectivity index (χ4v) is 2.52. The SMILES string of the molecule is CC(C)(C)C1CNC(c2ccccc2)C1O. The molecular formula is C14H21NO. The molecule has 3 atom stereocenters. The van der Waals surface area contributed by atoms with E-state index >= 15 is 0 Å². The lowest BCUT2D eigenvalue weighted by molar-refractivity contribution is 0.0623. The molecule has 1 aliphatic heterocycles. The first-order chi connectivity index (χ1) is 7.50. The summed E-state index contributed by atoms with van der Waals surface area (Å²) in [5.41, 5.74) is 1.33. The van der Waals surface area contributed by atoms with Gasteiger partial charge in [0.2, 0.25) is 0 Å². The van der Waals surface area contributed by atoms with Crippen LogP contribution in [0.25, 0.3) is 0 Å². The summed E-state index contributed by atoms with van der Waals surface area (Å²) in [7, 11) is 0. The van der Waals surface area contributed by atoms with Crippen molar-refractivity contribution >= 4 is 0 Å². The van der Waals surface area contributed by atoms with Crippen LogP contribution in [0.4, 0.5) is 0 Å². The van der Waals surface area contributed by atoms with Crippen LogP contribution >= 0.6 is 0 Å². The van der Waals surface area contributed by atoms with Gasteiger partial charge in [0.15, 0.2) is 0 Å². The highest BCUT2D eigenvalue weighted by Crippen LogP contribution is 2.38. The zero-order chi connectivity index (χ0) is 11.8. The highest BCUT2D eigenvalue weighted by Gasteiger charge is 2.41. The minimum Gasteiger partial charge on any atom is -0.391 e. The minimum atomic E-state index is -0.289. The summed E-state index contributed by atoms with van der Waals surface area (Å²) in [4.78, 5) is 0. The first kappa shape index (κ1) is 11.6. The monoisotopic (exact) mass is 219 g/mol. The van der Waals surface area contributed by atoms with Crippen molar-refractivity contribution in [2.45, 2.75) is 32.9 Å². The predicted molar refractivity (Wildman–Crippen MR) is 66.1 cm³/mol. The summed E-state index contributed by atoms with van der Waals surface area (Å²) in [5.74, 6) is 0.317. The Morgan fingerprint density at radius 1 is 1.19 bits per heavy atom. The second kappa shape index (κ2) is 4.19. The molecule has 2 rings (SSSR count). The van der Waals surface area contributed by atoms with Crippen molar-refractivity contribution in [3.8, 4) is 0 Å². The van der Waals surface area contributed by atoms with Crippen LogP contribution in [0.3, 0.4) is 0 Å². The molecule has 88 valence electrons.